The molecule has 150 valence electrons. The quantitative estimate of drug-likeness (QED) is 0.395. The van der Waals surface area contributed by atoms with Crippen LogP contribution in [0.5, 0.6) is 0 Å². The summed E-state index contributed by atoms with van der Waals surface area (Å²) < 4.78 is 8.25. The molecule has 2 aromatic carbocycles. The van der Waals surface area contributed by atoms with Gasteiger partial charge in [0.1, 0.15) is 5.76 Å². The van der Waals surface area contributed by atoms with E-state index >= 15 is 0 Å². The average molecular weight is 475 g/mol. The van der Waals surface area contributed by atoms with Crippen LogP contribution in [-0.2, 0) is 6.54 Å². The number of tetrazole rings is 1. The monoisotopic (exact) mass is 473 g/mol. The maximum Gasteiger partial charge on any atom is 0.178 e. The Morgan fingerprint density at radius 3 is 2.45 bits per heavy atom. The molecule has 2 heterocycles. The summed E-state index contributed by atoms with van der Waals surface area (Å²) in [6.07, 6.45) is 0. The number of hydrogen-bond acceptors (Lipinski definition) is 5. The fraction of sp³-hybridized carbons (Fsp3) is 0.190. The third-order valence-corrected chi connectivity index (χ3v) is 5.10. The molecular formula is C21H21BrClN5O. The SMILES string of the molecule is Cc1ccccc1-n1nnnc1C(c1ccccc1)N(C)Cc1ccc(Br)o1.Cl. The highest BCUT2D eigenvalue weighted by Gasteiger charge is 2.27. The maximum absolute atomic E-state index is 5.71. The molecule has 29 heavy (non-hydrogen) atoms. The molecule has 8 heteroatoms. The summed E-state index contributed by atoms with van der Waals surface area (Å²) in [6, 6.07) is 22.1. The predicted molar refractivity (Wildman–Crippen MR) is 117 cm³/mol. The van der Waals surface area contributed by atoms with E-state index in [4.69, 9.17) is 4.42 Å². The van der Waals surface area contributed by atoms with Crippen molar-refractivity contribution in [2.45, 2.75) is 19.5 Å². The third kappa shape index (κ3) is 4.58. The Hall–Kier alpha value is -2.48. The van der Waals surface area contributed by atoms with Crippen LogP contribution in [0.15, 0.2) is 75.8 Å². The minimum atomic E-state index is -0.139. The minimum absolute atomic E-state index is 0. The van der Waals surface area contributed by atoms with E-state index < -0.39 is 0 Å². The second-order valence-corrected chi connectivity index (χ2v) is 7.45. The highest BCUT2D eigenvalue weighted by atomic mass is 79.9. The molecule has 0 saturated carbocycles. The smallest absolute Gasteiger partial charge is 0.178 e. The van der Waals surface area contributed by atoms with Crippen molar-refractivity contribution in [1.29, 1.82) is 0 Å². The molecule has 0 bridgehead atoms. The van der Waals surface area contributed by atoms with Crippen LogP contribution < -0.4 is 0 Å². The molecule has 1 unspecified atom stereocenters. The van der Waals surface area contributed by atoms with Crippen molar-refractivity contribution < 1.29 is 4.42 Å². The van der Waals surface area contributed by atoms with Gasteiger partial charge in [-0.25, -0.2) is 0 Å². The second kappa shape index (κ2) is 9.35. The van der Waals surface area contributed by atoms with Crippen molar-refractivity contribution in [1.82, 2.24) is 25.1 Å². The average Bonchev–Trinajstić information content (AvgIpc) is 3.32. The van der Waals surface area contributed by atoms with Gasteiger partial charge in [-0.1, -0.05) is 48.5 Å². The molecule has 0 spiro atoms. The summed E-state index contributed by atoms with van der Waals surface area (Å²) in [4.78, 5) is 2.18. The van der Waals surface area contributed by atoms with Crippen molar-refractivity contribution in [3.05, 3.63) is 94.1 Å². The Bertz CT molecular complexity index is 1070. The molecule has 0 fully saturated rings. The Morgan fingerprint density at radius 2 is 1.76 bits per heavy atom. The zero-order chi connectivity index (χ0) is 19.5. The van der Waals surface area contributed by atoms with E-state index in [-0.39, 0.29) is 18.4 Å². The molecule has 4 aromatic rings. The number of aromatic nitrogens is 4. The van der Waals surface area contributed by atoms with Crippen LogP contribution in [0.2, 0.25) is 0 Å². The van der Waals surface area contributed by atoms with Crippen LogP contribution in [0.25, 0.3) is 5.69 Å². The molecule has 0 aliphatic rings. The molecule has 4 rings (SSSR count). The molecule has 0 N–H and O–H groups in total. The fourth-order valence-corrected chi connectivity index (χ4v) is 3.69. The lowest BCUT2D eigenvalue weighted by Crippen LogP contribution is -2.28. The minimum Gasteiger partial charge on any atom is -0.453 e. The number of nitrogens with zero attached hydrogens (tertiary/aromatic N) is 5. The predicted octanol–water partition coefficient (Wildman–Crippen LogP) is 4.97. The molecule has 6 nitrogen and oxygen atoms in total. The summed E-state index contributed by atoms with van der Waals surface area (Å²) in [5.41, 5.74) is 3.19. The first-order valence-electron chi connectivity index (χ1n) is 8.97. The van der Waals surface area contributed by atoms with E-state index in [0.717, 1.165) is 33.1 Å². The summed E-state index contributed by atoms with van der Waals surface area (Å²) >= 11 is 3.37. The van der Waals surface area contributed by atoms with Gasteiger partial charge in [-0.05, 0) is 69.7 Å². The molecule has 1 atom stereocenters. The number of benzene rings is 2. The number of furan rings is 1. The number of halogens is 2. The van der Waals surface area contributed by atoms with E-state index in [1.165, 1.54) is 0 Å². The first-order valence-corrected chi connectivity index (χ1v) is 9.76. The number of hydrogen-bond donors (Lipinski definition) is 0. The van der Waals surface area contributed by atoms with Gasteiger partial charge in [0.05, 0.1) is 18.3 Å². The topological polar surface area (TPSA) is 60.0 Å². The van der Waals surface area contributed by atoms with Crippen molar-refractivity contribution >= 4 is 28.3 Å². The van der Waals surface area contributed by atoms with E-state index in [1.807, 2.05) is 60.3 Å². The second-order valence-electron chi connectivity index (χ2n) is 6.67. The normalized spacial score (nSPS) is 12.0. The van der Waals surface area contributed by atoms with Crippen molar-refractivity contribution in [2.24, 2.45) is 0 Å². The van der Waals surface area contributed by atoms with Gasteiger partial charge in [-0.2, -0.15) is 4.68 Å². The van der Waals surface area contributed by atoms with Crippen LogP contribution in [0.1, 0.15) is 28.8 Å². The lowest BCUT2D eigenvalue weighted by molar-refractivity contribution is 0.236. The van der Waals surface area contributed by atoms with Crippen LogP contribution in [0.4, 0.5) is 0 Å². The van der Waals surface area contributed by atoms with E-state index in [1.54, 1.807) is 0 Å². The van der Waals surface area contributed by atoms with Crippen LogP contribution in [0.3, 0.4) is 0 Å². The molecule has 0 saturated heterocycles. The Balaban J connectivity index is 0.00000240. The fourth-order valence-electron chi connectivity index (χ4n) is 3.35. The summed E-state index contributed by atoms with van der Waals surface area (Å²) in [5.74, 6) is 1.62. The standard InChI is InChI=1S/C21H20BrN5O.ClH/c1-15-8-6-7-11-18(15)27-21(23-24-25-27)20(16-9-4-3-5-10-16)26(2)14-17-12-13-19(22)28-17;/h3-13,20H,14H2,1-2H3;1H. The number of rotatable bonds is 6. The van der Waals surface area contributed by atoms with Gasteiger partial charge in [0.2, 0.25) is 0 Å². The van der Waals surface area contributed by atoms with Crippen LogP contribution in [0, 0.1) is 6.92 Å². The third-order valence-electron chi connectivity index (χ3n) is 4.67. The highest BCUT2D eigenvalue weighted by Crippen LogP contribution is 2.29. The van der Waals surface area contributed by atoms with E-state index in [0.29, 0.717) is 6.54 Å². The molecular weight excluding hydrogens is 454 g/mol. The van der Waals surface area contributed by atoms with E-state index in [2.05, 4.69) is 61.5 Å². The Labute approximate surface area is 184 Å². The Morgan fingerprint density at radius 1 is 1.03 bits per heavy atom. The highest BCUT2D eigenvalue weighted by molar-refractivity contribution is 9.10. The maximum atomic E-state index is 5.71. The van der Waals surface area contributed by atoms with Gasteiger partial charge >= 0.3 is 0 Å². The lowest BCUT2D eigenvalue weighted by atomic mass is 10.0. The lowest BCUT2D eigenvalue weighted by Gasteiger charge is -2.27. The van der Waals surface area contributed by atoms with Gasteiger partial charge < -0.3 is 4.42 Å². The molecule has 0 aliphatic heterocycles. The van der Waals surface area contributed by atoms with Gasteiger partial charge in [0.15, 0.2) is 10.5 Å². The van der Waals surface area contributed by atoms with Gasteiger partial charge in [0, 0.05) is 0 Å². The zero-order valence-electron chi connectivity index (χ0n) is 16.1. The van der Waals surface area contributed by atoms with Gasteiger partial charge in [-0.15, -0.1) is 17.5 Å². The Kier molecular flexibility index (Phi) is 6.84. The van der Waals surface area contributed by atoms with Crippen molar-refractivity contribution in [2.75, 3.05) is 7.05 Å². The first kappa shape index (κ1) is 21.2. The molecule has 0 radical (unpaired) electrons. The number of aryl methyl sites for hydroxylation is 1. The van der Waals surface area contributed by atoms with Crippen molar-refractivity contribution in [3.63, 3.8) is 0 Å². The largest absolute Gasteiger partial charge is 0.453 e. The molecule has 0 aliphatic carbocycles. The van der Waals surface area contributed by atoms with Crippen molar-refractivity contribution in [3.8, 4) is 5.69 Å². The van der Waals surface area contributed by atoms with Gasteiger partial charge in [-0.3, -0.25) is 4.90 Å². The van der Waals surface area contributed by atoms with Gasteiger partial charge in [0.25, 0.3) is 0 Å². The molecule has 2 aromatic heterocycles. The summed E-state index contributed by atoms with van der Waals surface area (Å²) in [5, 5.41) is 12.7. The van der Waals surface area contributed by atoms with E-state index in [9.17, 15) is 0 Å². The zero-order valence-corrected chi connectivity index (χ0v) is 18.5. The van der Waals surface area contributed by atoms with Crippen LogP contribution in [-0.4, -0.2) is 32.2 Å². The molecule has 0 amide bonds. The first-order chi connectivity index (χ1) is 13.6. The van der Waals surface area contributed by atoms with Crippen LogP contribution >= 0.6 is 28.3 Å². The summed E-state index contributed by atoms with van der Waals surface area (Å²) in [7, 11) is 2.05. The summed E-state index contributed by atoms with van der Waals surface area (Å²) in [6.45, 7) is 2.67. The number of para-hydroxylation sites is 1.